The molecule has 2 amide bonds. The minimum atomic E-state index is -1.63. The summed E-state index contributed by atoms with van der Waals surface area (Å²) in [4.78, 5) is 30.3. The number of piperazine rings is 1. The third-order valence-corrected chi connectivity index (χ3v) is 6.19. The summed E-state index contributed by atoms with van der Waals surface area (Å²) in [6.07, 6.45) is -0.854. The second-order valence-electron chi connectivity index (χ2n) is 7.93. The summed E-state index contributed by atoms with van der Waals surface area (Å²) in [5, 5.41) is 11.1. The van der Waals surface area contributed by atoms with E-state index in [0.29, 0.717) is 48.9 Å². The molecular formula is C22H21ClF3N3O3. The molecule has 10 heteroatoms. The molecule has 2 aliphatic rings. The molecule has 0 unspecified atom stereocenters. The largest absolute Gasteiger partial charge is 0.390 e. The van der Waals surface area contributed by atoms with E-state index in [9.17, 15) is 27.9 Å². The molecule has 2 aromatic rings. The number of halogens is 4. The van der Waals surface area contributed by atoms with Crippen LogP contribution in [0, 0.1) is 17.5 Å². The molecular weight excluding hydrogens is 447 g/mol. The topological polar surface area (TPSA) is 64.1 Å². The summed E-state index contributed by atoms with van der Waals surface area (Å²) in [6, 6.07) is 7.59. The molecule has 0 aromatic heterocycles. The van der Waals surface area contributed by atoms with Crippen LogP contribution in [0.15, 0.2) is 36.4 Å². The molecule has 2 aliphatic heterocycles. The number of β-amino-alcohol motifs (C(OH)–C–C–N with tert-alkyl or cyclic N) is 1. The predicted octanol–water partition coefficient (Wildman–Crippen LogP) is 2.40. The van der Waals surface area contributed by atoms with Gasteiger partial charge in [-0.15, -0.1) is 0 Å². The Morgan fingerprint density at radius 3 is 2.00 bits per heavy atom. The summed E-state index contributed by atoms with van der Waals surface area (Å²) in [7, 11) is 0. The minimum absolute atomic E-state index is 0.00592. The Morgan fingerprint density at radius 1 is 0.844 bits per heavy atom. The van der Waals surface area contributed by atoms with Gasteiger partial charge >= 0.3 is 0 Å². The Bertz CT molecular complexity index is 1010. The van der Waals surface area contributed by atoms with E-state index >= 15 is 0 Å². The van der Waals surface area contributed by atoms with Gasteiger partial charge in [-0.3, -0.25) is 14.5 Å². The lowest BCUT2D eigenvalue weighted by atomic mass is 10.1. The van der Waals surface area contributed by atoms with Gasteiger partial charge in [0.15, 0.2) is 17.5 Å². The van der Waals surface area contributed by atoms with E-state index in [1.54, 1.807) is 29.2 Å². The normalized spacial score (nSPS) is 21.8. The molecule has 0 bridgehead atoms. The lowest BCUT2D eigenvalue weighted by Crippen LogP contribution is -2.54. The monoisotopic (exact) mass is 467 g/mol. The average molecular weight is 468 g/mol. The van der Waals surface area contributed by atoms with Crippen molar-refractivity contribution in [2.75, 3.05) is 39.3 Å². The summed E-state index contributed by atoms with van der Waals surface area (Å²) < 4.78 is 40.2. The van der Waals surface area contributed by atoms with Crippen LogP contribution in [0.25, 0.3) is 0 Å². The van der Waals surface area contributed by atoms with Gasteiger partial charge in [-0.05, 0) is 36.4 Å². The maximum Gasteiger partial charge on any atom is 0.254 e. The number of carbonyl (C=O) groups excluding carboxylic acids is 2. The lowest BCUT2D eigenvalue weighted by molar-refractivity contribution is 0.0376. The Kier molecular flexibility index (Phi) is 6.41. The number of carbonyl (C=O) groups is 2. The van der Waals surface area contributed by atoms with Gasteiger partial charge in [-0.1, -0.05) is 11.6 Å². The Balaban J connectivity index is 1.37. The van der Waals surface area contributed by atoms with Crippen molar-refractivity contribution in [1.29, 1.82) is 0 Å². The second-order valence-corrected chi connectivity index (χ2v) is 8.37. The zero-order valence-corrected chi connectivity index (χ0v) is 17.7. The minimum Gasteiger partial charge on any atom is -0.390 e. The first-order valence-electron chi connectivity index (χ1n) is 10.2. The van der Waals surface area contributed by atoms with Gasteiger partial charge in [0, 0.05) is 55.4 Å². The molecule has 2 heterocycles. The molecule has 4 rings (SSSR count). The van der Waals surface area contributed by atoms with Crippen molar-refractivity contribution in [2.45, 2.75) is 12.1 Å². The molecule has 2 fully saturated rings. The number of hydrogen-bond acceptors (Lipinski definition) is 4. The Labute approximate surface area is 187 Å². The summed E-state index contributed by atoms with van der Waals surface area (Å²) in [5.41, 5.74) is 0.229. The first kappa shape index (κ1) is 22.6. The van der Waals surface area contributed by atoms with E-state index in [1.165, 1.54) is 4.90 Å². The molecule has 0 aliphatic carbocycles. The number of benzene rings is 2. The lowest BCUT2D eigenvalue weighted by Gasteiger charge is -2.38. The quantitative estimate of drug-likeness (QED) is 0.704. The SMILES string of the molecule is O=C(c1ccc(Cl)cc1)N1CCN([C@@H]2CN(C(=O)c3cc(F)c(F)c(F)c3)C[C@H]2O)CC1. The molecule has 0 radical (unpaired) electrons. The van der Waals surface area contributed by atoms with E-state index in [4.69, 9.17) is 11.6 Å². The van der Waals surface area contributed by atoms with Crippen LogP contribution < -0.4 is 0 Å². The van der Waals surface area contributed by atoms with Crippen molar-refractivity contribution in [2.24, 2.45) is 0 Å². The number of aliphatic hydroxyl groups excluding tert-OH is 1. The molecule has 1 N–H and O–H groups in total. The van der Waals surface area contributed by atoms with Crippen LogP contribution in [-0.4, -0.2) is 83.0 Å². The van der Waals surface area contributed by atoms with Crippen LogP contribution in [0.5, 0.6) is 0 Å². The van der Waals surface area contributed by atoms with Gasteiger partial charge < -0.3 is 14.9 Å². The fourth-order valence-electron chi connectivity index (χ4n) is 4.19. The van der Waals surface area contributed by atoms with Crippen LogP contribution in [0.4, 0.5) is 13.2 Å². The highest BCUT2D eigenvalue weighted by Gasteiger charge is 2.39. The van der Waals surface area contributed by atoms with E-state index in [0.717, 1.165) is 0 Å². The highest BCUT2D eigenvalue weighted by molar-refractivity contribution is 6.30. The molecule has 6 nitrogen and oxygen atoms in total. The number of aliphatic hydroxyl groups is 1. The van der Waals surface area contributed by atoms with Crippen molar-refractivity contribution in [1.82, 2.24) is 14.7 Å². The first-order chi connectivity index (χ1) is 15.2. The highest BCUT2D eigenvalue weighted by atomic mass is 35.5. The predicted molar refractivity (Wildman–Crippen MR) is 111 cm³/mol. The Morgan fingerprint density at radius 2 is 1.41 bits per heavy atom. The third-order valence-electron chi connectivity index (χ3n) is 5.94. The molecule has 32 heavy (non-hydrogen) atoms. The van der Waals surface area contributed by atoms with Crippen LogP contribution in [0.1, 0.15) is 20.7 Å². The van der Waals surface area contributed by atoms with Crippen LogP contribution in [0.2, 0.25) is 5.02 Å². The smallest absolute Gasteiger partial charge is 0.254 e. The number of nitrogens with zero attached hydrogens (tertiary/aromatic N) is 3. The summed E-state index contributed by atoms with van der Waals surface area (Å²) in [5.74, 6) is -5.30. The van der Waals surface area contributed by atoms with Crippen LogP contribution in [-0.2, 0) is 0 Å². The molecule has 2 atom stereocenters. The van der Waals surface area contributed by atoms with Crippen molar-refractivity contribution >= 4 is 23.4 Å². The van der Waals surface area contributed by atoms with Crippen LogP contribution in [0.3, 0.4) is 0 Å². The van der Waals surface area contributed by atoms with Crippen molar-refractivity contribution in [3.63, 3.8) is 0 Å². The van der Waals surface area contributed by atoms with Crippen LogP contribution >= 0.6 is 11.6 Å². The van der Waals surface area contributed by atoms with Gasteiger partial charge in [-0.2, -0.15) is 0 Å². The molecule has 2 aromatic carbocycles. The second kappa shape index (κ2) is 9.09. The van der Waals surface area contributed by atoms with Crippen molar-refractivity contribution in [3.05, 3.63) is 70.0 Å². The van der Waals surface area contributed by atoms with Crippen molar-refractivity contribution < 1.29 is 27.9 Å². The molecule has 2 saturated heterocycles. The van der Waals surface area contributed by atoms with Crippen molar-refractivity contribution in [3.8, 4) is 0 Å². The molecule has 170 valence electrons. The Hall–Kier alpha value is -2.62. The maximum absolute atomic E-state index is 13.5. The average Bonchev–Trinajstić information content (AvgIpc) is 3.18. The molecule has 0 saturated carbocycles. The fraction of sp³-hybridized carbons (Fsp3) is 0.364. The molecule has 0 spiro atoms. The zero-order chi connectivity index (χ0) is 23.0. The van der Waals surface area contributed by atoms with E-state index < -0.39 is 29.5 Å². The number of rotatable bonds is 3. The van der Waals surface area contributed by atoms with Gasteiger partial charge in [-0.25, -0.2) is 13.2 Å². The zero-order valence-electron chi connectivity index (χ0n) is 17.0. The van der Waals surface area contributed by atoms with E-state index in [1.807, 2.05) is 4.90 Å². The van der Waals surface area contributed by atoms with E-state index in [2.05, 4.69) is 0 Å². The van der Waals surface area contributed by atoms with Gasteiger partial charge in [0.1, 0.15) is 0 Å². The maximum atomic E-state index is 13.5. The third kappa shape index (κ3) is 4.46. The van der Waals surface area contributed by atoms with Gasteiger partial charge in [0.2, 0.25) is 0 Å². The van der Waals surface area contributed by atoms with Gasteiger partial charge in [0.05, 0.1) is 12.1 Å². The van der Waals surface area contributed by atoms with Gasteiger partial charge in [0.25, 0.3) is 11.8 Å². The first-order valence-corrected chi connectivity index (χ1v) is 10.5. The number of likely N-dealkylation sites (tertiary alicyclic amines) is 1. The number of hydrogen-bond donors (Lipinski definition) is 1. The summed E-state index contributed by atoms with van der Waals surface area (Å²) >= 11 is 5.87. The van der Waals surface area contributed by atoms with E-state index in [-0.39, 0.29) is 30.6 Å². The fourth-order valence-corrected chi connectivity index (χ4v) is 4.31. The highest BCUT2D eigenvalue weighted by Crippen LogP contribution is 2.22. The summed E-state index contributed by atoms with van der Waals surface area (Å²) in [6.45, 7) is 2.06. The standard InChI is InChI=1S/C22H21ClF3N3O3/c23-15-3-1-13(2-4-15)21(31)28-7-5-27(6-8-28)18-11-29(12-19(18)30)22(32)14-9-16(24)20(26)17(25)10-14/h1-4,9-10,18-19,30H,5-8,11-12H2/t18-,19-/m1/s1. The number of amides is 2.